The Morgan fingerprint density at radius 1 is 1.00 bits per heavy atom. The van der Waals surface area contributed by atoms with E-state index in [1.807, 2.05) is 32.2 Å². The second kappa shape index (κ2) is 12.0. The van der Waals surface area contributed by atoms with E-state index in [1.165, 1.54) is 17.3 Å². The Hall–Kier alpha value is -2.97. The van der Waals surface area contributed by atoms with Gasteiger partial charge in [-0.25, -0.2) is 8.42 Å². The number of sulfonamides is 1. The lowest BCUT2D eigenvalue weighted by Gasteiger charge is -2.27. The van der Waals surface area contributed by atoms with Crippen LogP contribution in [0.1, 0.15) is 51.8 Å². The van der Waals surface area contributed by atoms with Gasteiger partial charge in [0.25, 0.3) is 10.0 Å². The molecule has 198 valence electrons. The van der Waals surface area contributed by atoms with Gasteiger partial charge in [0.15, 0.2) is 0 Å². The highest BCUT2D eigenvalue weighted by Crippen LogP contribution is 2.33. The Labute approximate surface area is 225 Å². The number of amides is 1. The second-order valence-corrected chi connectivity index (χ2v) is 12.5. The molecule has 0 aliphatic rings. The van der Waals surface area contributed by atoms with Crippen LogP contribution in [-0.2, 0) is 20.2 Å². The molecule has 1 N–H and O–H groups in total. The lowest BCUT2D eigenvalue weighted by Crippen LogP contribution is -2.41. The van der Waals surface area contributed by atoms with E-state index in [9.17, 15) is 13.2 Å². The largest absolute Gasteiger partial charge is 0.492 e. The van der Waals surface area contributed by atoms with Crippen LogP contribution in [0.25, 0.3) is 0 Å². The van der Waals surface area contributed by atoms with Crippen LogP contribution >= 0.6 is 11.8 Å². The summed E-state index contributed by atoms with van der Waals surface area (Å²) in [6, 6.07) is 21.3. The minimum atomic E-state index is -4.05. The fourth-order valence-electron chi connectivity index (χ4n) is 3.89. The first kappa shape index (κ1) is 28.6. The molecule has 3 aromatic rings. The minimum Gasteiger partial charge on any atom is -0.492 e. The molecule has 1 amide bonds. The molecule has 3 aromatic carbocycles. The molecule has 8 heteroatoms. The van der Waals surface area contributed by atoms with Gasteiger partial charge in [0.2, 0.25) is 5.91 Å². The topological polar surface area (TPSA) is 75.7 Å². The molecule has 0 heterocycles. The summed E-state index contributed by atoms with van der Waals surface area (Å²) >= 11 is 1.53. The van der Waals surface area contributed by atoms with Crippen LogP contribution < -0.4 is 14.4 Å². The van der Waals surface area contributed by atoms with Crippen LogP contribution in [0.15, 0.2) is 82.6 Å². The average Bonchev–Trinajstić information content (AvgIpc) is 2.87. The maximum atomic E-state index is 13.8. The Morgan fingerprint density at radius 3 is 2.19 bits per heavy atom. The normalized spacial score (nSPS) is 12.6. The molecule has 0 fully saturated rings. The number of thioether (sulfide) groups is 1. The van der Waals surface area contributed by atoms with Gasteiger partial charge in [0.05, 0.1) is 23.2 Å². The molecule has 1 atom stereocenters. The second-order valence-electron chi connectivity index (χ2n) is 9.75. The Kier molecular flexibility index (Phi) is 9.31. The maximum Gasteiger partial charge on any atom is 0.264 e. The predicted octanol–water partition coefficient (Wildman–Crippen LogP) is 6.18. The van der Waals surface area contributed by atoms with Crippen molar-refractivity contribution in [2.45, 2.75) is 55.9 Å². The number of nitrogens with zero attached hydrogens (tertiary/aromatic N) is 1. The number of anilines is 1. The molecule has 0 spiro atoms. The third-order valence-electron chi connectivity index (χ3n) is 6.02. The van der Waals surface area contributed by atoms with Gasteiger partial charge >= 0.3 is 0 Å². The fourth-order valence-corrected chi connectivity index (χ4v) is 5.73. The highest BCUT2D eigenvalue weighted by atomic mass is 32.2. The average molecular weight is 541 g/mol. The van der Waals surface area contributed by atoms with Gasteiger partial charge in [-0.05, 0) is 73.0 Å². The van der Waals surface area contributed by atoms with Crippen molar-refractivity contribution in [3.05, 3.63) is 83.9 Å². The van der Waals surface area contributed by atoms with Crippen molar-refractivity contribution in [1.29, 1.82) is 0 Å². The summed E-state index contributed by atoms with van der Waals surface area (Å²) in [5, 5.41) is 2.96. The van der Waals surface area contributed by atoms with E-state index in [2.05, 4.69) is 38.2 Å². The molecule has 6 nitrogen and oxygen atoms in total. The summed E-state index contributed by atoms with van der Waals surface area (Å²) in [7, 11) is -4.05. The molecule has 1 unspecified atom stereocenters. The van der Waals surface area contributed by atoms with E-state index in [1.54, 1.807) is 48.5 Å². The van der Waals surface area contributed by atoms with Crippen LogP contribution in [0, 0.1) is 0 Å². The smallest absolute Gasteiger partial charge is 0.264 e. The molecule has 0 radical (unpaired) electrons. The molecular formula is C29H36N2O4S2. The molecular weight excluding hydrogens is 504 g/mol. The molecule has 0 aliphatic carbocycles. The van der Waals surface area contributed by atoms with Crippen LogP contribution in [0.3, 0.4) is 0 Å². The van der Waals surface area contributed by atoms with Crippen molar-refractivity contribution in [2.75, 3.05) is 23.7 Å². The summed E-state index contributed by atoms with van der Waals surface area (Å²) in [6.07, 6.45) is 1.93. The van der Waals surface area contributed by atoms with Gasteiger partial charge in [0, 0.05) is 4.90 Å². The van der Waals surface area contributed by atoms with E-state index in [4.69, 9.17) is 4.74 Å². The number of para-hydroxylation sites is 2. The number of benzene rings is 3. The zero-order chi connectivity index (χ0) is 27.2. The molecule has 0 saturated carbocycles. The monoisotopic (exact) mass is 540 g/mol. The van der Waals surface area contributed by atoms with Gasteiger partial charge < -0.3 is 10.1 Å². The first-order valence-electron chi connectivity index (χ1n) is 12.3. The summed E-state index contributed by atoms with van der Waals surface area (Å²) in [5.74, 6) is -0.0177. The van der Waals surface area contributed by atoms with Crippen LogP contribution in [0.2, 0.25) is 0 Å². The molecule has 37 heavy (non-hydrogen) atoms. The number of carbonyl (C=O) groups is 1. The number of rotatable bonds is 10. The third kappa shape index (κ3) is 7.08. The van der Waals surface area contributed by atoms with E-state index >= 15 is 0 Å². The fraction of sp³-hybridized carbons (Fsp3) is 0.345. The van der Waals surface area contributed by atoms with Crippen molar-refractivity contribution in [2.24, 2.45) is 0 Å². The lowest BCUT2D eigenvalue weighted by atomic mass is 9.86. The summed E-state index contributed by atoms with van der Waals surface area (Å²) in [6.45, 7) is 10.1. The van der Waals surface area contributed by atoms with Crippen molar-refractivity contribution in [1.82, 2.24) is 5.32 Å². The minimum absolute atomic E-state index is 0.0296. The number of ether oxygens (including phenoxy) is 1. The summed E-state index contributed by atoms with van der Waals surface area (Å²) in [5.41, 5.74) is 2.49. The van der Waals surface area contributed by atoms with Gasteiger partial charge in [-0.2, -0.15) is 0 Å². The molecule has 0 saturated heterocycles. The predicted molar refractivity (Wildman–Crippen MR) is 152 cm³/mol. The number of nitrogens with one attached hydrogen (secondary N) is 1. The zero-order valence-corrected chi connectivity index (χ0v) is 23.9. The highest BCUT2D eigenvalue weighted by molar-refractivity contribution is 7.98. The van der Waals surface area contributed by atoms with E-state index < -0.39 is 15.9 Å². The first-order valence-corrected chi connectivity index (χ1v) is 14.9. The first-order chi connectivity index (χ1) is 17.5. The van der Waals surface area contributed by atoms with Gasteiger partial charge in [-0.1, -0.05) is 57.2 Å². The Morgan fingerprint density at radius 2 is 1.62 bits per heavy atom. The van der Waals surface area contributed by atoms with Crippen LogP contribution in [0.4, 0.5) is 5.69 Å². The maximum absolute atomic E-state index is 13.8. The summed E-state index contributed by atoms with van der Waals surface area (Å²) in [4.78, 5) is 14.3. The van der Waals surface area contributed by atoms with Crippen LogP contribution in [0.5, 0.6) is 5.75 Å². The molecule has 0 aromatic heterocycles. The standard InChI is InChI=1S/C29H36N2O4S2/c1-7-35-27-11-9-8-10-26(27)31(37(33,34)25-18-16-24(36-6)17-19-25)20-28(32)30-21(2)22-12-14-23(15-13-22)29(3,4)5/h8-19,21H,7,20H2,1-6H3,(H,30,32). The highest BCUT2D eigenvalue weighted by Gasteiger charge is 2.30. The van der Waals surface area contributed by atoms with Crippen molar-refractivity contribution < 1.29 is 17.9 Å². The van der Waals surface area contributed by atoms with Crippen molar-refractivity contribution in [3.8, 4) is 5.75 Å². The number of carbonyl (C=O) groups excluding carboxylic acids is 1. The molecule has 0 aliphatic heterocycles. The lowest BCUT2D eigenvalue weighted by molar-refractivity contribution is -0.120. The van der Waals surface area contributed by atoms with E-state index in [-0.39, 0.29) is 22.9 Å². The van der Waals surface area contributed by atoms with Gasteiger partial charge in [-0.3, -0.25) is 9.10 Å². The quantitative estimate of drug-likeness (QED) is 0.311. The number of hydrogen-bond donors (Lipinski definition) is 1. The van der Waals surface area contributed by atoms with Crippen molar-refractivity contribution >= 4 is 33.4 Å². The Bertz CT molecular complexity index is 1300. The zero-order valence-electron chi connectivity index (χ0n) is 22.3. The molecule has 3 rings (SSSR count). The van der Waals surface area contributed by atoms with Gasteiger partial charge in [-0.15, -0.1) is 11.8 Å². The molecule has 0 bridgehead atoms. The Balaban J connectivity index is 1.91. The van der Waals surface area contributed by atoms with Crippen molar-refractivity contribution in [3.63, 3.8) is 0 Å². The summed E-state index contributed by atoms with van der Waals surface area (Å²) < 4.78 is 34.4. The van der Waals surface area contributed by atoms with E-state index in [0.29, 0.717) is 18.0 Å². The number of hydrogen-bond acceptors (Lipinski definition) is 5. The third-order valence-corrected chi connectivity index (χ3v) is 8.54. The van der Waals surface area contributed by atoms with Crippen LogP contribution in [-0.4, -0.2) is 33.7 Å². The van der Waals surface area contributed by atoms with E-state index in [0.717, 1.165) is 14.8 Å². The SMILES string of the molecule is CCOc1ccccc1N(CC(=O)NC(C)c1ccc(C(C)(C)C)cc1)S(=O)(=O)c1ccc(SC)cc1. The van der Waals surface area contributed by atoms with Gasteiger partial charge in [0.1, 0.15) is 12.3 Å².